The smallest absolute Gasteiger partial charge is 0.307 e. The third kappa shape index (κ3) is 2.54. The molecule has 1 aromatic heterocycles. The molecule has 1 amide bonds. The molecule has 2 fully saturated rings. The minimum atomic E-state index is -4.00. The van der Waals surface area contributed by atoms with Gasteiger partial charge in [-0.2, -0.15) is 0 Å². The first-order chi connectivity index (χ1) is 16.2. The first kappa shape index (κ1) is 21.4. The van der Waals surface area contributed by atoms with Gasteiger partial charge in [0.2, 0.25) is 5.91 Å². The molecule has 1 spiro atoms. The summed E-state index contributed by atoms with van der Waals surface area (Å²) >= 11 is 0. The van der Waals surface area contributed by atoms with Gasteiger partial charge >= 0.3 is 5.97 Å². The van der Waals surface area contributed by atoms with Gasteiger partial charge in [0, 0.05) is 24.3 Å². The van der Waals surface area contributed by atoms with Gasteiger partial charge in [0.25, 0.3) is 10.0 Å². The van der Waals surface area contributed by atoms with E-state index in [0.717, 1.165) is 16.5 Å². The zero-order valence-corrected chi connectivity index (χ0v) is 19.9. The fourth-order valence-electron chi connectivity index (χ4n) is 6.99. The Morgan fingerprint density at radius 3 is 2.53 bits per heavy atom. The van der Waals surface area contributed by atoms with Gasteiger partial charge in [0.1, 0.15) is 0 Å². The quantitative estimate of drug-likeness (QED) is 0.621. The molecule has 3 aromatic rings. The van der Waals surface area contributed by atoms with Crippen LogP contribution in [-0.2, 0) is 31.6 Å². The fourth-order valence-corrected chi connectivity index (χ4v) is 8.60. The lowest BCUT2D eigenvalue weighted by molar-refractivity contribution is -0.144. The number of benzene rings is 2. The summed E-state index contributed by atoms with van der Waals surface area (Å²) in [4.78, 5) is 27.4. The van der Waals surface area contributed by atoms with E-state index in [1.54, 1.807) is 35.2 Å². The van der Waals surface area contributed by atoms with Crippen molar-refractivity contribution in [3.8, 4) is 0 Å². The highest BCUT2D eigenvalue weighted by Crippen LogP contribution is 2.62. The summed E-state index contributed by atoms with van der Waals surface area (Å²) < 4.78 is 29.8. The molecule has 8 heteroatoms. The van der Waals surface area contributed by atoms with E-state index in [9.17, 15) is 23.1 Å². The zero-order valence-electron chi connectivity index (χ0n) is 19.1. The first-order valence-corrected chi connectivity index (χ1v) is 13.1. The summed E-state index contributed by atoms with van der Waals surface area (Å²) in [5, 5.41) is 10.9. The predicted octanol–water partition coefficient (Wildman–Crippen LogP) is 3.53. The predicted molar refractivity (Wildman–Crippen MR) is 126 cm³/mol. The van der Waals surface area contributed by atoms with Crippen LogP contribution in [0.25, 0.3) is 10.9 Å². The normalized spacial score (nSPS) is 28.1. The lowest BCUT2D eigenvalue weighted by Crippen LogP contribution is -2.51. The van der Waals surface area contributed by atoms with Crippen molar-refractivity contribution in [2.24, 2.45) is 17.8 Å². The van der Waals surface area contributed by atoms with Crippen LogP contribution in [0.2, 0.25) is 0 Å². The highest BCUT2D eigenvalue weighted by Gasteiger charge is 2.67. The van der Waals surface area contributed by atoms with Crippen molar-refractivity contribution < 1.29 is 23.1 Å². The maximum absolute atomic E-state index is 14.2. The van der Waals surface area contributed by atoms with E-state index in [-0.39, 0.29) is 23.1 Å². The van der Waals surface area contributed by atoms with E-state index >= 15 is 0 Å². The number of amides is 1. The molecule has 7 nitrogen and oxygen atoms in total. The molecule has 3 aliphatic rings. The number of carbonyl (C=O) groups is 2. The second-order valence-corrected chi connectivity index (χ2v) is 11.8. The summed E-state index contributed by atoms with van der Waals surface area (Å²) in [6, 6.07) is 14.2. The number of rotatable bonds is 3. The lowest BCUT2D eigenvalue weighted by Gasteiger charge is -2.44. The Morgan fingerprint density at radius 1 is 1.12 bits per heavy atom. The molecule has 0 radical (unpaired) electrons. The molecule has 2 aromatic carbocycles. The van der Waals surface area contributed by atoms with Crippen LogP contribution in [0.4, 0.5) is 0 Å². The van der Waals surface area contributed by atoms with Gasteiger partial charge in [-0.1, -0.05) is 42.8 Å². The fraction of sp³-hybridized carbons (Fsp3) is 0.385. The largest absolute Gasteiger partial charge is 0.481 e. The molecule has 4 atom stereocenters. The van der Waals surface area contributed by atoms with Crippen molar-refractivity contribution in [3.63, 3.8) is 0 Å². The van der Waals surface area contributed by atoms with Crippen LogP contribution in [0.15, 0.2) is 53.4 Å². The van der Waals surface area contributed by atoms with Gasteiger partial charge in [-0.15, -0.1) is 0 Å². The van der Waals surface area contributed by atoms with Crippen LogP contribution in [0.3, 0.4) is 0 Å². The molecule has 1 saturated carbocycles. The molecule has 6 rings (SSSR count). The molecule has 1 N–H and O–H groups in total. The molecule has 1 unspecified atom stereocenters. The van der Waals surface area contributed by atoms with Crippen molar-refractivity contribution in [1.29, 1.82) is 0 Å². The van der Waals surface area contributed by atoms with E-state index in [1.807, 2.05) is 32.0 Å². The summed E-state index contributed by atoms with van der Waals surface area (Å²) in [5.74, 6) is -2.35. The van der Waals surface area contributed by atoms with Gasteiger partial charge in [0.15, 0.2) is 0 Å². The Labute approximate surface area is 198 Å². The number of para-hydroxylation sites is 1. The maximum Gasteiger partial charge on any atom is 0.307 e. The summed E-state index contributed by atoms with van der Waals surface area (Å²) in [7, 11) is -4.00. The van der Waals surface area contributed by atoms with Crippen molar-refractivity contribution >= 4 is 32.8 Å². The van der Waals surface area contributed by atoms with Crippen molar-refractivity contribution in [3.05, 3.63) is 65.4 Å². The maximum atomic E-state index is 14.2. The Morgan fingerprint density at radius 2 is 1.82 bits per heavy atom. The second-order valence-electron chi connectivity index (χ2n) is 10.0. The van der Waals surface area contributed by atoms with Crippen LogP contribution in [0.5, 0.6) is 0 Å². The molecular formula is C26H26N2O5S. The molecule has 1 aliphatic carbocycles. The Kier molecular flexibility index (Phi) is 4.37. The number of hydrogen-bond acceptors (Lipinski definition) is 4. The van der Waals surface area contributed by atoms with Gasteiger partial charge in [-0.25, -0.2) is 12.4 Å². The zero-order chi connectivity index (χ0) is 24.0. The Balaban J connectivity index is 1.71. The molecule has 0 bridgehead atoms. The molecule has 2 aliphatic heterocycles. The molecule has 3 heterocycles. The van der Waals surface area contributed by atoms with Gasteiger partial charge in [0.05, 0.1) is 27.6 Å². The van der Waals surface area contributed by atoms with Gasteiger partial charge in [-0.05, 0) is 49.4 Å². The first-order valence-electron chi connectivity index (χ1n) is 11.7. The third-order valence-electron chi connectivity index (χ3n) is 8.25. The SMILES string of the molecule is Cc1ccc(S(=O)(=O)n2c3c(c4ccccc42)CCN2C(=O)C[C@H]4[C@H](C(=O)O)[C@@H](C)CC342)cc1. The number of carboxylic acids is 1. The van der Waals surface area contributed by atoms with Crippen molar-refractivity contribution in [2.75, 3.05) is 6.54 Å². The van der Waals surface area contributed by atoms with Crippen molar-refractivity contribution in [1.82, 2.24) is 8.87 Å². The van der Waals surface area contributed by atoms with Gasteiger partial charge in [-0.3, -0.25) is 9.59 Å². The van der Waals surface area contributed by atoms with Crippen LogP contribution in [0.1, 0.15) is 36.6 Å². The molecule has 1 saturated heterocycles. The summed E-state index contributed by atoms with van der Waals surface area (Å²) in [5.41, 5.74) is 2.10. The van der Waals surface area contributed by atoms with E-state index < -0.39 is 33.4 Å². The minimum absolute atomic E-state index is 0.0849. The third-order valence-corrected chi connectivity index (χ3v) is 9.97. The second kappa shape index (κ2) is 6.95. The highest BCUT2D eigenvalue weighted by atomic mass is 32.2. The van der Waals surface area contributed by atoms with E-state index in [1.165, 1.54) is 3.97 Å². The Bertz CT molecular complexity index is 1470. The average Bonchev–Trinajstić information content (AvgIpc) is 3.37. The number of nitrogens with zero attached hydrogens (tertiary/aromatic N) is 2. The van der Waals surface area contributed by atoms with Crippen LogP contribution in [-0.4, -0.2) is 40.8 Å². The monoisotopic (exact) mass is 478 g/mol. The number of carbonyl (C=O) groups excluding carboxylic acids is 1. The minimum Gasteiger partial charge on any atom is -0.481 e. The van der Waals surface area contributed by atoms with E-state index in [4.69, 9.17) is 0 Å². The number of fused-ring (bicyclic) bond motifs is 3. The molecule has 34 heavy (non-hydrogen) atoms. The van der Waals surface area contributed by atoms with Crippen molar-refractivity contribution in [2.45, 2.75) is 43.5 Å². The summed E-state index contributed by atoms with van der Waals surface area (Å²) in [6.45, 7) is 4.28. The molecular weight excluding hydrogens is 452 g/mol. The topological polar surface area (TPSA) is 96.7 Å². The van der Waals surface area contributed by atoms with Crippen LogP contribution in [0, 0.1) is 24.7 Å². The number of aromatic nitrogens is 1. The number of aliphatic carboxylic acids is 1. The standard InChI is InChI=1S/C26H26N2O5S/c1-15-7-9-17(10-8-15)34(32,33)28-21-6-4-3-5-18(21)19-11-12-27-22(29)13-20-23(25(30)31)16(2)14-26(20,27)24(19)28/h3-10,16,20,23H,11-14H2,1-2H3,(H,30,31)/t16-,20-,23+,26?/m0/s1. The molecule has 176 valence electrons. The number of aryl methyl sites for hydroxylation is 1. The van der Waals surface area contributed by atoms with Crippen LogP contribution < -0.4 is 0 Å². The average molecular weight is 479 g/mol. The van der Waals surface area contributed by atoms with E-state index in [0.29, 0.717) is 30.6 Å². The highest BCUT2D eigenvalue weighted by molar-refractivity contribution is 7.90. The summed E-state index contributed by atoms with van der Waals surface area (Å²) in [6.07, 6.45) is 1.11. The number of hydrogen-bond donors (Lipinski definition) is 1. The number of carboxylic acid groups (broad SMARTS) is 1. The van der Waals surface area contributed by atoms with Gasteiger partial charge < -0.3 is 10.0 Å². The van der Waals surface area contributed by atoms with E-state index in [2.05, 4.69) is 0 Å². The van der Waals surface area contributed by atoms with Crippen LogP contribution >= 0.6 is 0 Å². The Hall–Kier alpha value is -3.13. The lowest BCUT2D eigenvalue weighted by atomic mass is 9.77.